The molecule has 1 aromatic heterocycles. The molecule has 0 unspecified atom stereocenters. The SMILES string of the molecule is CN=C(NCCCCNc1ccccn1)NCc1ccc(OC)cc1OC. The van der Waals surface area contributed by atoms with Crippen molar-refractivity contribution in [2.24, 2.45) is 4.99 Å². The minimum absolute atomic E-state index is 0.619. The molecule has 0 bridgehead atoms. The van der Waals surface area contributed by atoms with E-state index < -0.39 is 0 Å². The number of benzene rings is 1. The van der Waals surface area contributed by atoms with Crippen LogP contribution in [0.25, 0.3) is 0 Å². The number of unbranched alkanes of at least 4 members (excludes halogenated alkanes) is 1. The molecule has 7 heteroatoms. The van der Waals surface area contributed by atoms with Gasteiger partial charge in [0.25, 0.3) is 0 Å². The number of hydrogen-bond acceptors (Lipinski definition) is 5. The maximum atomic E-state index is 5.42. The summed E-state index contributed by atoms with van der Waals surface area (Å²) in [5.41, 5.74) is 1.04. The highest BCUT2D eigenvalue weighted by atomic mass is 16.5. The highest BCUT2D eigenvalue weighted by molar-refractivity contribution is 5.79. The van der Waals surface area contributed by atoms with Gasteiger partial charge in [0.2, 0.25) is 0 Å². The Hall–Kier alpha value is -2.96. The second-order valence-corrected chi connectivity index (χ2v) is 5.88. The highest BCUT2D eigenvalue weighted by Gasteiger charge is 2.06. The van der Waals surface area contributed by atoms with Crippen LogP contribution in [0.15, 0.2) is 47.6 Å². The summed E-state index contributed by atoms with van der Waals surface area (Å²) in [6, 6.07) is 11.6. The van der Waals surface area contributed by atoms with E-state index in [1.807, 2.05) is 36.4 Å². The van der Waals surface area contributed by atoms with Gasteiger partial charge < -0.3 is 25.4 Å². The van der Waals surface area contributed by atoms with Gasteiger partial charge >= 0.3 is 0 Å². The standard InChI is InChI=1S/C20H29N5O2/c1-21-20(24-13-7-6-12-23-19-8-4-5-11-22-19)25-15-16-9-10-17(26-2)14-18(16)27-3/h4-5,8-11,14H,6-7,12-13,15H2,1-3H3,(H,22,23)(H2,21,24,25). The molecule has 2 rings (SSSR count). The molecule has 1 heterocycles. The van der Waals surface area contributed by atoms with Crippen molar-refractivity contribution in [2.45, 2.75) is 19.4 Å². The molecule has 0 spiro atoms. The number of nitrogens with one attached hydrogen (secondary N) is 3. The van der Waals surface area contributed by atoms with Gasteiger partial charge in [0.05, 0.1) is 14.2 Å². The van der Waals surface area contributed by atoms with E-state index in [1.54, 1.807) is 27.5 Å². The van der Waals surface area contributed by atoms with Crippen LogP contribution in [0.1, 0.15) is 18.4 Å². The number of guanidine groups is 1. The van der Waals surface area contributed by atoms with Gasteiger partial charge in [-0.25, -0.2) is 4.98 Å². The van der Waals surface area contributed by atoms with Gasteiger partial charge in [-0.3, -0.25) is 4.99 Å². The van der Waals surface area contributed by atoms with E-state index in [2.05, 4.69) is 25.9 Å². The maximum absolute atomic E-state index is 5.42. The van der Waals surface area contributed by atoms with Crippen LogP contribution in [0.3, 0.4) is 0 Å². The number of aliphatic imine (C=N–C) groups is 1. The average Bonchev–Trinajstić information content (AvgIpc) is 2.73. The maximum Gasteiger partial charge on any atom is 0.191 e. The first-order valence-corrected chi connectivity index (χ1v) is 9.07. The average molecular weight is 371 g/mol. The lowest BCUT2D eigenvalue weighted by Crippen LogP contribution is -2.37. The molecule has 27 heavy (non-hydrogen) atoms. The number of methoxy groups -OCH3 is 2. The summed E-state index contributed by atoms with van der Waals surface area (Å²) in [4.78, 5) is 8.50. The van der Waals surface area contributed by atoms with E-state index in [9.17, 15) is 0 Å². The molecule has 0 aliphatic carbocycles. The zero-order valence-electron chi connectivity index (χ0n) is 16.3. The van der Waals surface area contributed by atoms with E-state index in [4.69, 9.17) is 9.47 Å². The van der Waals surface area contributed by atoms with Crippen LogP contribution in [-0.2, 0) is 6.54 Å². The summed E-state index contributed by atoms with van der Waals surface area (Å²) >= 11 is 0. The number of rotatable bonds is 10. The number of hydrogen-bond donors (Lipinski definition) is 3. The Bertz CT molecular complexity index is 707. The van der Waals surface area contributed by atoms with Crippen molar-refractivity contribution >= 4 is 11.8 Å². The molecule has 1 aromatic carbocycles. The monoisotopic (exact) mass is 371 g/mol. The zero-order chi connectivity index (χ0) is 19.3. The van der Waals surface area contributed by atoms with Crippen LogP contribution < -0.4 is 25.4 Å². The van der Waals surface area contributed by atoms with Crippen molar-refractivity contribution in [1.29, 1.82) is 0 Å². The van der Waals surface area contributed by atoms with Crippen molar-refractivity contribution in [3.8, 4) is 11.5 Å². The smallest absolute Gasteiger partial charge is 0.191 e. The Balaban J connectivity index is 1.67. The van der Waals surface area contributed by atoms with Gasteiger partial charge in [-0.15, -0.1) is 0 Å². The van der Waals surface area contributed by atoms with Crippen molar-refractivity contribution in [1.82, 2.24) is 15.6 Å². The second-order valence-electron chi connectivity index (χ2n) is 5.88. The number of pyridine rings is 1. The Morgan fingerprint density at radius 1 is 1.04 bits per heavy atom. The summed E-state index contributed by atoms with van der Waals surface area (Å²) < 4.78 is 10.6. The molecular formula is C20H29N5O2. The van der Waals surface area contributed by atoms with Gasteiger partial charge in [0, 0.05) is 44.5 Å². The van der Waals surface area contributed by atoms with E-state index in [-0.39, 0.29) is 0 Å². The van der Waals surface area contributed by atoms with E-state index in [0.717, 1.165) is 54.8 Å². The molecule has 0 aliphatic heterocycles. The first kappa shape index (κ1) is 20.4. The predicted molar refractivity (Wildman–Crippen MR) is 110 cm³/mol. The molecule has 0 atom stereocenters. The molecule has 0 saturated heterocycles. The molecule has 0 amide bonds. The van der Waals surface area contributed by atoms with Crippen LogP contribution in [-0.4, -0.2) is 45.3 Å². The fraction of sp³-hybridized carbons (Fsp3) is 0.400. The summed E-state index contributed by atoms with van der Waals surface area (Å²) in [5.74, 6) is 3.25. The molecule has 0 aliphatic rings. The number of anilines is 1. The fourth-order valence-corrected chi connectivity index (χ4v) is 2.54. The van der Waals surface area contributed by atoms with E-state index >= 15 is 0 Å². The van der Waals surface area contributed by atoms with Crippen molar-refractivity contribution in [3.63, 3.8) is 0 Å². The Morgan fingerprint density at radius 3 is 2.59 bits per heavy atom. The third-order valence-electron chi connectivity index (χ3n) is 4.03. The summed E-state index contributed by atoms with van der Waals surface area (Å²) in [6.45, 7) is 2.37. The molecule has 0 radical (unpaired) electrons. The van der Waals surface area contributed by atoms with Crippen molar-refractivity contribution in [3.05, 3.63) is 48.2 Å². The Morgan fingerprint density at radius 2 is 1.89 bits per heavy atom. The quantitative estimate of drug-likeness (QED) is 0.338. The van der Waals surface area contributed by atoms with Crippen LogP contribution in [0, 0.1) is 0 Å². The van der Waals surface area contributed by atoms with Crippen LogP contribution in [0.4, 0.5) is 5.82 Å². The van der Waals surface area contributed by atoms with E-state index in [1.165, 1.54) is 0 Å². The van der Waals surface area contributed by atoms with Gasteiger partial charge in [-0.2, -0.15) is 0 Å². The van der Waals surface area contributed by atoms with Gasteiger partial charge in [0.15, 0.2) is 5.96 Å². The van der Waals surface area contributed by atoms with Gasteiger partial charge in [0.1, 0.15) is 17.3 Å². The summed E-state index contributed by atoms with van der Waals surface area (Å²) in [6.07, 6.45) is 3.87. The molecule has 7 nitrogen and oxygen atoms in total. The Kier molecular flexibility index (Phi) is 8.76. The first-order valence-electron chi connectivity index (χ1n) is 9.07. The normalized spacial score (nSPS) is 11.0. The van der Waals surface area contributed by atoms with Gasteiger partial charge in [-0.1, -0.05) is 6.07 Å². The molecule has 0 saturated carbocycles. The zero-order valence-corrected chi connectivity index (χ0v) is 16.3. The summed E-state index contributed by atoms with van der Waals surface area (Å²) in [7, 11) is 5.07. The lowest BCUT2D eigenvalue weighted by Gasteiger charge is -2.14. The molecule has 0 fully saturated rings. The van der Waals surface area contributed by atoms with Crippen LogP contribution >= 0.6 is 0 Å². The minimum atomic E-state index is 0.619. The predicted octanol–water partition coefficient (Wildman–Crippen LogP) is 2.66. The van der Waals surface area contributed by atoms with Crippen molar-refractivity contribution < 1.29 is 9.47 Å². The van der Waals surface area contributed by atoms with Crippen molar-refractivity contribution in [2.75, 3.05) is 39.7 Å². The minimum Gasteiger partial charge on any atom is -0.497 e. The first-order chi connectivity index (χ1) is 13.3. The molecule has 2 aromatic rings. The number of aromatic nitrogens is 1. The largest absolute Gasteiger partial charge is 0.497 e. The van der Waals surface area contributed by atoms with Crippen LogP contribution in [0.5, 0.6) is 11.5 Å². The van der Waals surface area contributed by atoms with Crippen LogP contribution in [0.2, 0.25) is 0 Å². The lowest BCUT2D eigenvalue weighted by atomic mass is 10.2. The van der Waals surface area contributed by atoms with E-state index in [0.29, 0.717) is 6.54 Å². The fourth-order valence-electron chi connectivity index (χ4n) is 2.54. The molecule has 3 N–H and O–H groups in total. The Labute approximate surface area is 161 Å². The summed E-state index contributed by atoms with van der Waals surface area (Å²) in [5, 5.41) is 9.94. The lowest BCUT2D eigenvalue weighted by molar-refractivity contribution is 0.390. The highest BCUT2D eigenvalue weighted by Crippen LogP contribution is 2.24. The number of nitrogens with zero attached hydrogens (tertiary/aromatic N) is 2. The third kappa shape index (κ3) is 7.05. The molecule has 146 valence electrons. The molecular weight excluding hydrogens is 342 g/mol. The third-order valence-corrected chi connectivity index (χ3v) is 4.03. The number of ether oxygens (including phenoxy) is 2. The second kappa shape index (κ2) is 11.6. The topological polar surface area (TPSA) is 79.8 Å². The van der Waals surface area contributed by atoms with Gasteiger partial charge in [-0.05, 0) is 37.1 Å².